The fourth-order valence-corrected chi connectivity index (χ4v) is 3.89. The summed E-state index contributed by atoms with van der Waals surface area (Å²) >= 11 is 1.60. The Morgan fingerprint density at radius 1 is 1.17 bits per heavy atom. The molecule has 152 valence electrons. The van der Waals surface area contributed by atoms with Gasteiger partial charge >= 0.3 is 5.97 Å². The van der Waals surface area contributed by atoms with Gasteiger partial charge in [-0.3, -0.25) is 0 Å². The van der Waals surface area contributed by atoms with Crippen LogP contribution in [0.4, 0.5) is 0 Å². The number of carbonyl (C=O) groups is 1. The first-order valence-electron chi connectivity index (χ1n) is 9.46. The molecule has 0 radical (unpaired) electrons. The van der Waals surface area contributed by atoms with Crippen LogP contribution in [-0.4, -0.2) is 37.2 Å². The van der Waals surface area contributed by atoms with Crippen molar-refractivity contribution >= 4 is 33.4 Å². The summed E-state index contributed by atoms with van der Waals surface area (Å²) in [5.41, 5.74) is 1.48. The molecule has 0 saturated carbocycles. The number of guanidine groups is 1. The number of benzene rings is 2. The summed E-state index contributed by atoms with van der Waals surface area (Å²) in [7, 11) is 1.36. The Morgan fingerprint density at radius 3 is 2.62 bits per heavy atom. The number of carbonyl (C=O) groups excluding carboxylic acids is 1. The number of thiophene rings is 1. The minimum atomic E-state index is -0.615. The number of hydrogen-bond donors (Lipinski definition) is 3. The van der Waals surface area contributed by atoms with E-state index in [9.17, 15) is 9.90 Å². The van der Waals surface area contributed by atoms with Gasteiger partial charge in [0.05, 0.1) is 19.2 Å². The van der Waals surface area contributed by atoms with Crippen molar-refractivity contribution in [3.05, 3.63) is 70.6 Å². The summed E-state index contributed by atoms with van der Waals surface area (Å²) in [6, 6.07) is 17.3. The van der Waals surface area contributed by atoms with Crippen LogP contribution in [0.1, 0.15) is 33.8 Å². The van der Waals surface area contributed by atoms with Crippen molar-refractivity contribution in [3.63, 3.8) is 0 Å². The quantitative estimate of drug-likeness (QED) is 0.315. The van der Waals surface area contributed by atoms with Crippen LogP contribution in [0.25, 0.3) is 10.1 Å². The molecular weight excluding hydrogens is 386 g/mol. The number of nitrogens with zero attached hydrogens (tertiary/aromatic N) is 1. The molecule has 0 aliphatic heterocycles. The van der Waals surface area contributed by atoms with E-state index in [1.165, 1.54) is 7.11 Å². The first kappa shape index (κ1) is 20.8. The summed E-state index contributed by atoms with van der Waals surface area (Å²) in [6.45, 7) is 3.52. The van der Waals surface area contributed by atoms with Crippen molar-refractivity contribution in [2.45, 2.75) is 19.6 Å². The lowest BCUT2D eigenvalue weighted by Gasteiger charge is -2.14. The van der Waals surface area contributed by atoms with E-state index in [-0.39, 0.29) is 5.97 Å². The van der Waals surface area contributed by atoms with E-state index < -0.39 is 6.10 Å². The third-order valence-corrected chi connectivity index (χ3v) is 5.59. The number of ether oxygens (including phenoxy) is 1. The molecule has 1 aromatic heterocycles. The average Bonchev–Trinajstić information content (AvgIpc) is 3.19. The molecular formula is C22H25N3O3S. The summed E-state index contributed by atoms with van der Waals surface area (Å²) in [6.07, 6.45) is -0.615. The molecule has 3 N–H and O–H groups in total. The topological polar surface area (TPSA) is 83.0 Å². The average molecular weight is 412 g/mol. The maximum Gasteiger partial charge on any atom is 0.337 e. The molecule has 0 aliphatic carbocycles. The van der Waals surface area contributed by atoms with Gasteiger partial charge in [-0.2, -0.15) is 0 Å². The molecule has 2 aromatic carbocycles. The zero-order chi connectivity index (χ0) is 20.6. The number of fused-ring (bicyclic) bond motifs is 1. The van der Waals surface area contributed by atoms with Crippen LogP contribution in [0, 0.1) is 0 Å². The molecule has 3 aromatic rings. The second kappa shape index (κ2) is 10.0. The van der Waals surface area contributed by atoms with Crippen molar-refractivity contribution in [3.8, 4) is 0 Å². The molecule has 6 nitrogen and oxygen atoms in total. The Labute approximate surface area is 174 Å². The van der Waals surface area contributed by atoms with Crippen LogP contribution in [0.15, 0.2) is 59.6 Å². The fraction of sp³-hybridized carbons (Fsp3) is 0.273. The highest BCUT2D eigenvalue weighted by Gasteiger charge is 2.12. The second-order valence-corrected chi connectivity index (χ2v) is 7.58. The Kier molecular flexibility index (Phi) is 7.21. The summed E-state index contributed by atoms with van der Waals surface area (Å²) in [5, 5.41) is 18.1. The smallest absolute Gasteiger partial charge is 0.337 e. The Balaban J connectivity index is 1.60. The van der Waals surface area contributed by atoms with Gasteiger partial charge in [-0.1, -0.05) is 30.3 Å². The third kappa shape index (κ3) is 5.56. The second-order valence-electron chi connectivity index (χ2n) is 6.47. The van der Waals surface area contributed by atoms with Crippen molar-refractivity contribution in [1.82, 2.24) is 10.6 Å². The molecule has 3 rings (SSSR count). The predicted octanol–water partition coefficient (Wildman–Crippen LogP) is 3.48. The number of esters is 1. The van der Waals surface area contributed by atoms with Crippen LogP contribution in [0.5, 0.6) is 0 Å². The minimum Gasteiger partial charge on any atom is -0.465 e. The van der Waals surface area contributed by atoms with Crippen molar-refractivity contribution in [2.24, 2.45) is 4.99 Å². The predicted molar refractivity (Wildman–Crippen MR) is 117 cm³/mol. The molecule has 0 aliphatic rings. The molecule has 1 atom stereocenters. The highest BCUT2D eigenvalue weighted by atomic mass is 32.1. The summed E-state index contributed by atoms with van der Waals surface area (Å²) < 4.78 is 5.87. The molecule has 29 heavy (non-hydrogen) atoms. The standard InChI is InChI=1S/C22H25N3O3S/c1-3-23-22(24-13-15-8-10-16(11-9-15)21(27)28-2)25-14-18(26)20-12-17-6-4-5-7-19(17)29-20/h4-12,18,26H,3,13-14H2,1-2H3,(H2,23,24,25). The molecule has 1 heterocycles. The molecule has 0 bridgehead atoms. The number of nitrogens with one attached hydrogen (secondary N) is 2. The van der Waals surface area contributed by atoms with Crippen LogP contribution in [0.2, 0.25) is 0 Å². The first-order chi connectivity index (χ1) is 14.1. The highest BCUT2D eigenvalue weighted by molar-refractivity contribution is 7.19. The Hall–Kier alpha value is -2.90. The minimum absolute atomic E-state index is 0.356. The lowest BCUT2D eigenvalue weighted by molar-refractivity contribution is 0.0600. The number of aliphatic hydroxyl groups excluding tert-OH is 1. The number of aliphatic imine (C=N–C) groups is 1. The maximum atomic E-state index is 11.5. The van der Waals surface area contributed by atoms with Gasteiger partial charge in [-0.25, -0.2) is 9.79 Å². The zero-order valence-electron chi connectivity index (χ0n) is 16.5. The van der Waals surface area contributed by atoms with Gasteiger partial charge in [-0.15, -0.1) is 11.3 Å². The number of methoxy groups -OCH3 is 1. The molecule has 1 unspecified atom stereocenters. The van der Waals surface area contributed by atoms with Crippen LogP contribution < -0.4 is 10.6 Å². The maximum absolute atomic E-state index is 11.5. The van der Waals surface area contributed by atoms with Gasteiger partial charge in [0.25, 0.3) is 0 Å². The van der Waals surface area contributed by atoms with E-state index in [0.717, 1.165) is 20.5 Å². The van der Waals surface area contributed by atoms with Crippen LogP contribution >= 0.6 is 11.3 Å². The van der Waals surface area contributed by atoms with Gasteiger partial charge < -0.3 is 20.5 Å². The molecule has 0 amide bonds. The SMILES string of the molecule is CCNC(=NCc1ccc(C(=O)OC)cc1)NCC(O)c1cc2ccccc2s1. The van der Waals surface area contributed by atoms with Gasteiger partial charge in [-0.05, 0) is 42.1 Å². The summed E-state index contributed by atoms with van der Waals surface area (Å²) in [4.78, 5) is 17.0. The van der Waals surface area contributed by atoms with E-state index in [1.807, 2.05) is 43.3 Å². The Morgan fingerprint density at radius 2 is 1.93 bits per heavy atom. The molecule has 0 spiro atoms. The lowest BCUT2D eigenvalue weighted by Crippen LogP contribution is -2.39. The first-order valence-corrected chi connectivity index (χ1v) is 10.3. The lowest BCUT2D eigenvalue weighted by atomic mass is 10.1. The van der Waals surface area contributed by atoms with Gasteiger partial charge in [0.1, 0.15) is 6.10 Å². The van der Waals surface area contributed by atoms with Gasteiger partial charge in [0.2, 0.25) is 0 Å². The van der Waals surface area contributed by atoms with E-state index >= 15 is 0 Å². The normalized spacial score (nSPS) is 12.6. The molecule has 0 saturated heterocycles. The Bertz CT molecular complexity index is 949. The number of hydrogen-bond acceptors (Lipinski definition) is 5. The largest absolute Gasteiger partial charge is 0.465 e. The molecule has 0 fully saturated rings. The van der Waals surface area contributed by atoms with Gasteiger partial charge in [0, 0.05) is 22.7 Å². The highest BCUT2D eigenvalue weighted by Crippen LogP contribution is 2.29. The zero-order valence-corrected chi connectivity index (χ0v) is 17.3. The summed E-state index contributed by atoms with van der Waals surface area (Å²) in [5.74, 6) is 0.273. The van der Waals surface area contributed by atoms with Crippen molar-refractivity contribution < 1.29 is 14.6 Å². The molecule has 7 heteroatoms. The number of aliphatic hydroxyl groups is 1. The van der Waals surface area contributed by atoms with Crippen molar-refractivity contribution in [2.75, 3.05) is 20.2 Å². The van der Waals surface area contributed by atoms with Crippen LogP contribution in [0.3, 0.4) is 0 Å². The van der Waals surface area contributed by atoms with Crippen LogP contribution in [-0.2, 0) is 11.3 Å². The van der Waals surface area contributed by atoms with Gasteiger partial charge in [0.15, 0.2) is 5.96 Å². The van der Waals surface area contributed by atoms with E-state index in [2.05, 4.69) is 21.7 Å². The third-order valence-electron chi connectivity index (χ3n) is 4.37. The van der Waals surface area contributed by atoms with E-state index in [4.69, 9.17) is 4.74 Å². The monoisotopic (exact) mass is 411 g/mol. The fourth-order valence-electron chi connectivity index (χ4n) is 2.84. The van der Waals surface area contributed by atoms with E-state index in [1.54, 1.807) is 23.5 Å². The van der Waals surface area contributed by atoms with Crippen molar-refractivity contribution in [1.29, 1.82) is 0 Å². The van der Waals surface area contributed by atoms with E-state index in [0.29, 0.717) is 31.2 Å². The number of rotatable bonds is 7.